The molecule has 1 aromatic carbocycles. The van der Waals surface area contributed by atoms with Crippen molar-refractivity contribution in [3.05, 3.63) is 70.6 Å². The minimum Gasteiger partial charge on any atom is -0.494 e. The number of nitrogens with two attached hydrogens (primary N) is 1. The van der Waals surface area contributed by atoms with Crippen molar-refractivity contribution in [1.29, 1.82) is 0 Å². The molecule has 0 saturated heterocycles. The van der Waals surface area contributed by atoms with Gasteiger partial charge in [0, 0.05) is 18.3 Å². The van der Waals surface area contributed by atoms with Crippen LogP contribution in [0.3, 0.4) is 0 Å². The lowest BCUT2D eigenvalue weighted by molar-refractivity contribution is 0.101. The quantitative estimate of drug-likeness (QED) is 0.120. The first-order valence-electron chi connectivity index (χ1n) is 10.8. The number of carbonyl (C=O) groups excluding carboxylic acids is 1. The lowest BCUT2D eigenvalue weighted by atomic mass is 10.1. The number of imidazole rings is 1. The van der Waals surface area contributed by atoms with Crippen LogP contribution >= 0.6 is 12.6 Å². The van der Waals surface area contributed by atoms with Gasteiger partial charge >= 0.3 is 0 Å². The van der Waals surface area contributed by atoms with Crippen LogP contribution < -0.4 is 16.6 Å². The third-order valence-electron chi connectivity index (χ3n) is 4.36. The molecule has 11 heteroatoms. The average Bonchev–Trinajstić information content (AvgIpc) is 3.22. The fourth-order valence-electron chi connectivity index (χ4n) is 2.80. The van der Waals surface area contributed by atoms with Gasteiger partial charge in [0.2, 0.25) is 0 Å². The van der Waals surface area contributed by atoms with Crippen molar-refractivity contribution >= 4 is 29.4 Å². The second-order valence-electron chi connectivity index (χ2n) is 6.91. The number of carbonyl (C=O) groups is 1. The van der Waals surface area contributed by atoms with Gasteiger partial charge in [-0.2, -0.15) is 12.6 Å². The van der Waals surface area contributed by atoms with Crippen LogP contribution in [0.15, 0.2) is 42.0 Å². The smallest absolute Gasteiger partial charge is 0.250 e. The van der Waals surface area contributed by atoms with Gasteiger partial charge in [0.25, 0.3) is 5.56 Å². The first kappa shape index (κ1) is 29.0. The number of fused-ring (bicyclic) bond motifs is 1. The van der Waals surface area contributed by atoms with Crippen LogP contribution in [0, 0.1) is 5.82 Å². The molecule has 0 unspecified atom stereocenters. The second kappa shape index (κ2) is 16.6. The maximum Gasteiger partial charge on any atom is 0.250 e. The fraction of sp³-hybridized carbons (Fsp3) is 0.391. The van der Waals surface area contributed by atoms with Gasteiger partial charge in [0.15, 0.2) is 5.78 Å². The van der Waals surface area contributed by atoms with Crippen molar-refractivity contribution in [3.63, 3.8) is 0 Å². The van der Waals surface area contributed by atoms with Gasteiger partial charge in [-0.05, 0) is 45.2 Å². The molecule has 0 radical (unpaired) electrons. The summed E-state index contributed by atoms with van der Waals surface area (Å²) in [6.45, 7) is 6.48. The van der Waals surface area contributed by atoms with E-state index in [1.807, 2.05) is 0 Å². The third kappa shape index (κ3) is 10.3. The summed E-state index contributed by atoms with van der Waals surface area (Å²) in [5, 5.41) is 3.29. The zero-order valence-electron chi connectivity index (χ0n) is 19.6. The van der Waals surface area contributed by atoms with Crippen molar-refractivity contribution < 1.29 is 13.9 Å². The normalized spacial score (nSPS) is 10.0. The van der Waals surface area contributed by atoms with E-state index < -0.39 is 5.82 Å². The van der Waals surface area contributed by atoms with Crippen molar-refractivity contribution in [3.8, 4) is 0 Å². The van der Waals surface area contributed by atoms with Crippen LogP contribution in [-0.4, -0.2) is 45.1 Å². The van der Waals surface area contributed by atoms with Gasteiger partial charge in [-0.1, -0.05) is 13.0 Å². The Hall–Kier alpha value is -3.02. The molecule has 2 aromatic heterocycles. The molecule has 9 nitrogen and oxygen atoms in total. The molecule has 0 spiro atoms. The molecule has 3 aromatic rings. The van der Waals surface area contributed by atoms with E-state index in [4.69, 9.17) is 4.74 Å². The summed E-state index contributed by atoms with van der Waals surface area (Å²) in [6, 6.07) is 4.17. The van der Waals surface area contributed by atoms with Crippen LogP contribution in [-0.2, 0) is 17.9 Å². The number of nitrogens with one attached hydrogen (secondary N) is 3. The zero-order valence-corrected chi connectivity index (χ0v) is 20.5. The number of hydrogen-bond donors (Lipinski definition) is 5. The van der Waals surface area contributed by atoms with Gasteiger partial charge in [-0.15, -0.1) is 0 Å². The summed E-state index contributed by atoms with van der Waals surface area (Å²) in [5.41, 5.74) is 5.64. The molecule has 0 saturated carbocycles. The maximum absolute atomic E-state index is 13.7. The summed E-state index contributed by atoms with van der Waals surface area (Å²) in [4.78, 5) is 35.8. The van der Waals surface area contributed by atoms with Crippen LogP contribution in [0.25, 0.3) is 11.0 Å². The van der Waals surface area contributed by atoms with Crippen LogP contribution in [0.4, 0.5) is 4.39 Å². The van der Waals surface area contributed by atoms with E-state index in [0.717, 1.165) is 37.4 Å². The molecule has 3 rings (SSSR count). The summed E-state index contributed by atoms with van der Waals surface area (Å²) < 4.78 is 18.5. The number of H-pyrrole nitrogens is 2. The molecule has 0 bridgehead atoms. The van der Waals surface area contributed by atoms with Crippen molar-refractivity contribution in [2.75, 3.05) is 19.3 Å². The molecule has 0 aliphatic rings. The molecular formula is C23H33FN6O3S. The zero-order chi connectivity index (χ0) is 25.3. The Bertz CT molecular complexity index is 1090. The average molecular weight is 493 g/mol. The summed E-state index contributed by atoms with van der Waals surface area (Å²) in [6.07, 6.45) is 6.11. The highest BCUT2D eigenvalue weighted by Gasteiger charge is 2.11. The van der Waals surface area contributed by atoms with Gasteiger partial charge in [-0.3, -0.25) is 9.59 Å². The molecule has 5 N–H and O–H groups in total. The number of aromatic nitrogens is 4. The predicted octanol–water partition coefficient (Wildman–Crippen LogP) is 3.10. The van der Waals surface area contributed by atoms with E-state index in [1.54, 1.807) is 0 Å². The van der Waals surface area contributed by atoms with E-state index in [1.165, 1.54) is 44.6 Å². The van der Waals surface area contributed by atoms with Crippen LogP contribution in [0.1, 0.15) is 48.2 Å². The summed E-state index contributed by atoms with van der Waals surface area (Å²) in [7, 11) is 1.50. The van der Waals surface area contributed by atoms with E-state index in [-0.39, 0.29) is 23.5 Å². The lowest BCUT2D eigenvalue weighted by Crippen LogP contribution is -2.15. The Labute approximate surface area is 203 Å². The minimum atomic E-state index is -0.509. The number of unbranched alkanes of at least 4 members (excludes halogenated alkanes) is 2. The number of aromatic amines is 2. The molecule has 0 aliphatic heterocycles. The Balaban J connectivity index is 0.000000374. The number of hydrogen-bond acceptors (Lipinski definition) is 8. The third-order valence-corrected chi connectivity index (χ3v) is 4.68. The molecule has 186 valence electrons. The SMILES string of the molecule is C=COCc1nccc(=O)[nH]1.CC(=O)c1cc2nc(CNCCCCCS)[nH]c2cc1F.CN. The highest BCUT2D eigenvalue weighted by Crippen LogP contribution is 2.18. The Kier molecular flexibility index (Phi) is 14.1. The topological polar surface area (TPSA) is 139 Å². The monoisotopic (exact) mass is 492 g/mol. The minimum absolute atomic E-state index is 0.0836. The highest BCUT2D eigenvalue weighted by molar-refractivity contribution is 7.80. The van der Waals surface area contributed by atoms with E-state index >= 15 is 0 Å². The number of Topliss-reactive ketones (excluding diaryl/α,β-unsaturated/α-hetero) is 1. The van der Waals surface area contributed by atoms with Gasteiger partial charge < -0.3 is 25.8 Å². The Morgan fingerprint density at radius 3 is 2.68 bits per heavy atom. The highest BCUT2D eigenvalue weighted by atomic mass is 32.1. The van der Waals surface area contributed by atoms with Gasteiger partial charge in [-0.25, -0.2) is 14.4 Å². The van der Waals surface area contributed by atoms with Crippen LogP contribution in [0.2, 0.25) is 0 Å². The molecular weight excluding hydrogens is 459 g/mol. The number of nitrogens with zero attached hydrogens (tertiary/aromatic N) is 2. The van der Waals surface area contributed by atoms with Crippen molar-refractivity contribution in [2.45, 2.75) is 39.3 Å². The first-order chi connectivity index (χ1) is 16.4. The first-order valence-corrected chi connectivity index (χ1v) is 11.4. The Morgan fingerprint density at radius 1 is 1.26 bits per heavy atom. The standard InChI is InChI=1S/C15H20FN3OS.C7H8N2O2.CH5N/c1-10(20)11-7-13-14(8-12(11)16)19-15(18-13)9-17-5-3-2-4-6-21;1-2-11-5-6-8-4-3-7(10)9-6;1-2/h7-8,17,21H,2-6,9H2,1H3,(H,18,19);2-4H,1,5H2,(H,8,9,10);2H2,1H3. The second-order valence-corrected chi connectivity index (χ2v) is 7.36. The molecule has 0 atom stereocenters. The van der Waals surface area contributed by atoms with Gasteiger partial charge in [0.05, 0.1) is 29.4 Å². The molecule has 0 fully saturated rings. The van der Waals surface area contributed by atoms with E-state index in [9.17, 15) is 14.0 Å². The molecule has 34 heavy (non-hydrogen) atoms. The van der Waals surface area contributed by atoms with Gasteiger partial charge in [0.1, 0.15) is 24.1 Å². The van der Waals surface area contributed by atoms with Crippen molar-refractivity contribution in [2.24, 2.45) is 5.73 Å². The number of thiol groups is 1. The largest absolute Gasteiger partial charge is 0.494 e. The van der Waals surface area contributed by atoms with Crippen molar-refractivity contribution in [1.82, 2.24) is 25.3 Å². The number of benzene rings is 1. The molecule has 0 aliphatic carbocycles. The Morgan fingerprint density at radius 2 is 2.03 bits per heavy atom. The predicted molar refractivity (Wildman–Crippen MR) is 135 cm³/mol. The fourth-order valence-corrected chi connectivity index (χ4v) is 3.03. The van der Waals surface area contributed by atoms with Crippen LogP contribution in [0.5, 0.6) is 0 Å². The number of ketones is 1. The molecule has 2 heterocycles. The number of ether oxygens (including phenoxy) is 1. The summed E-state index contributed by atoms with van der Waals surface area (Å²) in [5.74, 6) is 1.37. The van der Waals surface area contributed by atoms with E-state index in [2.05, 4.69) is 50.2 Å². The summed E-state index contributed by atoms with van der Waals surface area (Å²) >= 11 is 4.17. The number of rotatable bonds is 11. The lowest BCUT2D eigenvalue weighted by Gasteiger charge is -2.01. The molecule has 0 amide bonds. The number of halogens is 1. The maximum atomic E-state index is 13.7. The van der Waals surface area contributed by atoms with E-state index in [0.29, 0.717) is 23.4 Å².